The van der Waals surface area contributed by atoms with E-state index in [-0.39, 0.29) is 34.4 Å². The number of aromatic nitrogens is 2. The van der Waals surface area contributed by atoms with Gasteiger partial charge in [-0.25, -0.2) is 0 Å². The lowest BCUT2D eigenvalue weighted by Crippen LogP contribution is -2.16. The monoisotopic (exact) mass is 479 g/mol. The molecule has 1 aromatic carbocycles. The van der Waals surface area contributed by atoms with E-state index >= 15 is 0 Å². The van der Waals surface area contributed by atoms with Gasteiger partial charge in [0.25, 0.3) is 11.4 Å². The van der Waals surface area contributed by atoms with E-state index in [1.807, 2.05) is 0 Å². The Morgan fingerprint density at radius 3 is 2.14 bits per heavy atom. The third kappa shape index (κ3) is 4.88. The minimum absolute atomic E-state index is 0.159. The van der Waals surface area contributed by atoms with Gasteiger partial charge in [-0.3, -0.25) is 29.7 Å². The molecule has 29 heavy (non-hydrogen) atoms. The van der Waals surface area contributed by atoms with Crippen molar-refractivity contribution in [2.75, 3.05) is 5.32 Å². The van der Waals surface area contributed by atoms with Gasteiger partial charge in [-0.05, 0) is 29.8 Å². The van der Waals surface area contributed by atoms with E-state index in [1.165, 1.54) is 13.8 Å². The Morgan fingerprint density at radius 2 is 1.72 bits per heavy atom. The molecule has 2 aromatic rings. The van der Waals surface area contributed by atoms with Crippen LogP contribution in [0.25, 0.3) is 0 Å². The van der Waals surface area contributed by atoms with Crippen LogP contribution in [-0.4, -0.2) is 25.5 Å². The Hall–Kier alpha value is -3.03. The summed E-state index contributed by atoms with van der Waals surface area (Å²) >= 11 is 2.82. The summed E-state index contributed by atoms with van der Waals surface area (Å²) in [4.78, 5) is 32.6. The first-order chi connectivity index (χ1) is 13.3. The molecule has 0 spiro atoms. The second kappa shape index (κ2) is 8.14. The summed E-state index contributed by atoms with van der Waals surface area (Å²) in [6.07, 6.45) is -4.99. The van der Waals surface area contributed by atoms with Crippen molar-refractivity contribution >= 4 is 38.9 Å². The lowest BCUT2D eigenvalue weighted by atomic mass is 10.1. The van der Waals surface area contributed by atoms with Crippen LogP contribution in [0.2, 0.25) is 0 Å². The molecule has 0 fully saturated rings. The molecule has 0 unspecified atom stereocenters. The molecule has 0 saturated heterocycles. The number of anilines is 1. The number of carbonyl (C=O) groups excluding carboxylic acids is 1. The highest BCUT2D eigenvalue weighted by molar-refractivity contribution is 9.10. The predicted octanol–water partition coefficient (Wildman–Crippen LogP) is 4.13. The summed E-state index contributed by atoms with van der Waals surface area (Å²) < 4.78 is 39.4. The van der Waals surface area contributed by atoms with Gasteiger partial charge in [0, 0.05) is 18.6 Å². The number of amides is 1. The number of hydrogen-bond donors (Lipinski definition) is 1. The number of aryl methyl sites for hydroxylation is 1. The second-order valence-corrected chi connectivity index (χ2v) is 6.71. The quantitative estimate of drug-likeness (QED) is 0.489. The largest absolute Gasteiger partial charge is 0.436 e. The second-order valence-electron chi connectivity index (χ2n) is 5.92. The third-order valence-electron chi connectivity index (χ3n) is 3.98. The van der Waals surface area contributed by atoms with E-state index in [0.717, 1.165) is 16.8 Å². The van der Waals surface area contributed by atoms with E-state index in [9.17, 15) is 38.2 Å². The van der Waals surface area contributed by atoms with Gasteiger partial charge < -0.3 is 5.32 Å². The minimum atomic E-state index is -4.67. The number of benzene rings is 1. The molecule has 0 radical (unpaired) electrons. The first-order valence-electron chi connectivity index (χ1n) is 7.86. The smallest absolute Gasteiger partial charge is 0.326 e. The zero-order valence-corrected chi connectivity index (χ0v) is 16.5. The highest BCUT2D eigenvalue weighted by Gasteiger charge is 2.37. The third-order valence-corrected chi connectivity index (χ3v) is 4.93. The fourth-order valence-corrected chi connectivity index (χ4v) is 3.00. The molecule has 1 aromatic heterocycles. The number of hydrogen-bond acceptors (Lipinski definition) is 6. The first-order valence-corrected chi connectivity index (χ1v) is 8.65. The average Bonchev–Trinajstić information content (AvgIpc) is 2.89. The zero-order chi connectivity index (χ0) is 22.1. The fourth-order valence-electron chi connectivity index (χ4n) is 2.49. The Labute approximate surface area is 169 Å². The molecule has 0 bridgehead atoms. The van der Waals surface area contributed by atoms with E-state index in [1.54, 1.807) is 0 Å². The molecule has 10 nitrogen and oxygen atoms in total. The number of alkyl halides is 3. The van der Waals surface area contributed by atoms with Gasteiger partial charge in [0.05, 0.1) is 32.2 Å². The zero-order valence-electron chi connectivity index (χ0n) is 14.9. The Bertz CT molecular complexity index is 970. The maximum atomic E-state index is 12.9. The van der Waals surface area contributed by atoms with Crippen molar-refractivity contribution in [2.24, 2.45) is 0 Å². The van der Waals surface area contributed by atoms with Crippen LogP contribution >= 0.6 is 15.9 Å². The summed E-state index contributed by atoms with van der Waals surface area (Å²) in [5.41, 5.74) is -2.40. The van der Waals surface area contributed by atoms with E-state index in [2.05, 4.69) is 26.3 Å². The van der Waals surface area contributed by atoms with Crippen LogP contribution in [0.4, 0.5) is 30.2 Å². The first kappa shape index (κ1) is 22.3. The maximum absolute atomic E-state index is 12.9. The van der Waals surface area contributed by atoms with Crippen LogP contribution in [0.15, 0.2) is 16.6 Å². The van der Waals surface area contributed by atoms with Crippen molar-refractivity contribution in [2.45, 2.75) is 33.0 Å². The molecule has 14 heteroatoms. The topological polar surface area (TPSA) is 133 Å². The van der Waals surface area contributed by atoms with Crippen LogP contribution < -0.4 is 5.32 Å². The van der Waals surface area contributed by atoms with Crippen LogP contribution in [0, 0.1) is 34.1 Å². The molecular weight excluding hydrogens is 467 g/mol. The highest BCUT2D eigenvalue weighted by Crippen LogP contribution is 2.35. The number of nitro benzene ring substituents is 2. The number of nitro groups is 2. The van der Waals surface area contributed by atoms with Crippen LogP contribution in [0.1, 0.15) is 23.4 Å². The van der Waals surface area contributed by atoms with Crippen LogP contribution in [-0.2, 0) is 17.5 Å². The molecule has 0 aliphatic carbocycles. The van der Waals surface area contributed by atoms with Crippen molar-refractivity contribution in [3.05, 3.63) is 53.8 Å². The minimum Gasteiger partial charge on any atom is -0.326 e. The van der Waals surface area contributed by atoms with E-state index in [4.69, 9.17) is 0 Å². The predicted molar refractivity (Wildman–Crippen MR) is 97.4 cm³/mol. The number of halogens is 4. The molecule has 0 aliphatic rings. The van der Waals surface area contributed by atoms with Crippen molar-refractivity contribution in [1.29, 1.82) is 0 Å². The molecule has 0 aliphatic heterocycles. The van der Waals surface area contributed by atoms with Gasteiger partial charge in [-0.2, -0.15) is 18.3 Å². The van der Waals surface area contributed by atoms with Gasteiger partial charge in [0.2, 0.25) is 5.91 Å². The van der Waals surface area contributed by atoms with Crippen molar-refractivity contribution in [3.8, 4) is 0 Å². The molecule has 1 N–H and O–H groups in total. The maximum Gasteiger partial charge on any atom is 0.436 e. The van der Waals surface area contributed by atoms with Gasteiger partial charge >= 0.3 is 6.18 Å². The summed E-state index contributed by atoms with van der Waals surface area (Å²) in [7, 11) is 0. The molecule has 2 rings (SSSR count). The summed E-state index contributed by atoms with van der Waals surface area (Å²) in [6, 6.07) is 1.94. The normalized spacial score (nSPS) is 11.4. The molecule has 156 valence electrons. The van der Waals surface area contributed by atoms with Crippen LogP contribution in [0.5, 0.6) is 0 Å². The Balaban J connectivity index is 2.18. The lowest BCUT2D eigenvalue weighted by Gasteiger charge is -2.08. The highest BCUT2D eigenvalue weighted by atomic mass is 79.9. The average molecular weight is 480 g/mol. The Morgan fingerprint density at radius 1 is 1.21 bits per heavy atom. The molecule has 1 heterocycles. The fraction of sp³-hybridized carbons (Fsp3) is 0.333. The van der Waals surface area contributed by atoms with Gasteiger partial charge in [0.1, 0.15) is 5.56 Å². The number of nitrogens with zero attached hydrogens (tertiary/aromatic N) is 4. The number of rotatable bonds is 6. The molecule has 0 saturated carbocycles. The van der Waals surface area contributed by atoms with Gasteiger partial charge in [-0.1, -0.05) is 0 Å². The number of nitrogens with one attached hydrogen (secondary N) is 1. The summed E-state index contributed by atoms with van der Waals surface area (Å²) in [5, 5.41) is 27.8. The van der Waals surface area contributed by atoms with Crippen molar-refractivity contribution in [3.63, 3.8) is 0 Å². The van der Waals surface area contributed by atoms with Gasteiger partial charge in [0.15, 0.2) is 5.69 Å². The summed E-state index contributed by atoms with van der Waals surface area (Å²) in [6.45, 7) is 2.39. The van der Waals surface area contributed by atoms with Crippen LogP contribution in [0.3, 0.4) is 0 Å². The standard InChI is InChI=1S/C15H13BrF3N5O5/c1-7-10(23(26)27)5-9(6-11(7)24(28)29)20-12(25)3-4-22-8(2)13(16)14(21-22)15(17,18)19/h5-6H,3-4H2,1-2H3,(H,20,25). The van der Waals surface area contributed by atoms with E-state index < -0.39 is 39.0 Å². The number of carbonyl (C=O) groups is 1. The van der Waals surface area contributed by atoms with E-state index in [0.29, 0.717) is 0 Å². The molecular formula is C15H13BrF3N5O5. The SMILES string of the molecule is Cc1c([N+](=O)[O-])cc(NC(=O)CCn2nc(C(F)(F)F)c(Br)c2C)cc1[N+](=O)[O-]. The van der Waals surface area contributed by atoms with Gasteiger partial charge in [-0.15, -0.1) is 0 Å². The molecule has 1 amide bonds. The lowest BCUT2D eigenvalue weighted by molar-refractivity contribution is -0.395. The molecule has 0 atom stereocenters. The summed E-state index contributed by atoms with van der Waals surface area (Å²) in [5.74, 6) is -0.711. The van der Waals surface area contributed by atoms with Crippen molar-refractivity contribution < 1.29 is 27.8 Å². The van der Waals surface area contributed by atoms with Crippen molar-refractivity contribution in [1.82, 2.24) is 9.78 Å². The Kier molecular flexibility index (Phi) is 6.25.